The van der Waals surface area contributed by atoms with Crippen molar-refractivity contribution in [1.29, 1.82) is 0 Å². The number of benzene rings is 1. The molecule has 0 unspecified atom stereocenters. The van der Waals surface area contributed by atoms with Gasteiger partial charge in [0.15, 0.2) is 0 Å². The molecule has 6 nitrogen and oxygen atoms in total. The first-order valence-electron chi connectivity index (χ1n) is 11.1. The second-order valence-electron chi connectivity index (χ2n) is 8.72. The highest BCUT2D eigenvalue weighted by molar-refractivity contribution is 5.80. The van der Waals surface area contributed by atoms with Gasteiger partial charge in [0, 0.05) is 45.2 Å². The van der Waals surface area contributed by atoms with Gasteiger partial charge in [0.05, 0.1) is 5.60 Å². The molecule has 0 saturated carbocycles. The summed E-state index contributed by atoms with van der Waals surface area (Å²) in [6.45, 7) is 4.35. The zero-order chi connectivity index (χ0) is 20.1. The molecule has 0 aliphatic carbocycles. The van der Waals surface area contributed by atoms with Crippen molar-refractivity contribution >= 4 is 11.9 Å². The van der Waals surface area contributed by atoms with Gasteiger partial charge in [0.1, 0.15) is 0 Å². The smallest absolute Gasteiger partial charge is 0.317 e. The number of nitrogens with one attached hydrogen (secondary N) is 1. The Kier molecular flexibility index (Phi) is 6.38. The highest BCUT2D eigenvalue weighted by Gasteiger charge is 2.39. The van der Waals surface area contributed by atoms with Crippen LogP contribution in [0.5, 0.6) is 0 Å². The van der Waals surface area contributed by atoms with Crippen molar-refractivity contribution in [3.8, 4) is 0 Å². The first kappa shape index (κ1) is 20.2. The molecule has 3 amide bonds. The Bertz CT molecular complexity index is 685. The molecular weight excluding hydrogens is 366 g/mol. The lowest BCUT2D eigenvalue weighted by atomic mass is 9.84. The van der Waals surface area contributed by atoms with E-state index in [1.807, 2.05) is 40.1 Å². The summed E-state index contributed by atoms with van der Waals surface area (Å²) in [5.41, 5.74) is 1.13. The van der Waals surface area contributed by atoms with Crippen LogP contribution in [0.2, 0.25) is 0 Å². The molecule has 3 fully saturated rings. The maximum absolute atomic E-state index is 13.0. The second kappa shape index (κ2) is 9.16. The number of hydrogen-bond donors (Lipinski definition) is 1. The van der Waals surface area contributed by atoms with Crippen molar-refractivity contribution in [2.75, 3.05) is 32.8 Å². The molecule has 0 bridgehead atoms. The molecular formula is C23H33N3O3. The fourth-order valence-corrected chi connectivity index (χ4v) is 4.91. The Balaban J connectivity index is 1.20. The summed E-state index contributed by atoms with van der Waals surface area (Å²) in [5, 5.41) is 2.99. The zero-order valence-corrected chi connectivity index (χ0v) is 17.3. The van der Waals surface area contributed by atoms with Gasteiger partial charge in [-0.2, -0.15) is 0 Å². The SMILES string of the molecule is O=C(NCc1ccccc1)N1CCC(C(=O)N2CCC3(CCCCO3)CC2)CC1. The van der Waals surface area contributed by atoms with Crippen LogP contribution >= 0.6 is 0 Å². The standard InChI is InChI=1S/C23H33N3O3/c27-21(25-15-11-23(12-16-25)10-4-5-17-29-23)20-8-13-26(14-9-20)22(28)24-18-19-6-2-1-3-7-19/h1-3,6-7,20H,4-5,8-18H2,(H,24,28). The van der Waals surface area contributed by atoms with E-state index in [0.717, 1.165) is 57.4 Å². The molecule has 3 heterocycles. The van der Waals surface area contributed by atoms with Crippen LogP contribution in [0, 0.1) is 5.92 Å². The number of ether oxygens (including phenoxy) is 1. The lowest BCUT2D eigenvalue weighted by Crippen LogP contribution is -2.52. The molecule has 3 aliphatic rings. The Hall–Kier alpha value is -2.08. The Morgan fingerprint density at radius 2 is 1.69 bits per heavy atom. The molecule has 0 atom stereocenters. The quantitative estimate of drug-likeness (QED) is 0.849. The van der Waals surface area contributed by atoms with Crippen molar-refractivity contribution in [1.82, 2.24) is 15.1 Å². The lowest BCUT2D eigenvalue weighted by molar-refractivity contribution is -0.147. The van der Waals surface area contributed by atoms with E-state index in [2.05, 4.69) is 5.32 Å². The summed E-state index contributed by atoms with van der Waals surface area (Å²) < 4.78 is 6.09. The molecule has 1 aromatic carbocycles. The number of likely N-dealkylation sites (tertiary alicyclic amines) is 2. The maximum atomic E-state index is 13.0. The van der Waals surface area contributed by atoms with Gasteiger partial charge >= 0.3 is 6.03 Å². The van der Waals surface area contributed by atoms with E-state index in [4.69, 9.17) is 4.74 Å². The van der Waals surface area contributed by atoms with E-state index in [0.29, 0.717) is 19.6 Å². The largest absolute Gasteiger partial charge is 0.375 e. The van der Waals surface area contributed by atoms with Gasteiger partial charge in [-0.1, -0.05) is 30.3 Å². The van der Waals surface area contributed by atoms with Gasteiger partial charge in [-0.15, -0.1) is 0 Å². The van der Waals surface area contributed by atoms with E-state index in [-0.39, 0.29) is 23.5 Å². The number of carbonyl (C=O) groups excluding carboxylic acids is 2. The minimum atomic E-state index is -0.0332. The third-order valence-corrected chi connectivity index (χ3v) is 6.84. The number of hydrogen-bond acceptors (Lipinski definition) is 3. The number of amides is 3. The summed E-state index contributed by atoms with van der Waals surface area (Å²) in [6, 6.07) is 9.90. The van der Waals surface area contributed by atoms with Gasteiger partial charge in [-0.3, -0.25) is 4.79 Å². The predicted molar refractivity (Wildman–Crippen MR) is 111 cm³/mol. The molecule has 4 rings (SSSR count). The molecule has 6 heteroatoms. The van der Waals surface area contributed by atoms with E-state index in [1.54, 1.807) is 0 Å². The summed E-state index contributed by atoms with van der Waals surface area (Å²) >= 11 is 0. The number of nitrogens with zero attached hydrogens (tertiary/aromatic N) is 2. The van der Waals surface area contributed by atoms with Crippen LogP contribution in [-0.4, -0.2) is 60.1 Å². The van der Waals surface area contributed by atoms with Gasteiger partial charge < -0.3 is 19.9 Å². The van der Waals surface area contributed by atoms with Gasteiger partial charge in [-0.05, 0) is 50.5 Å². The molecule has 3 saturated heterocycles. The van der Waals surface area contributed by atoms with Crippen molar-refractivity contribution in [2.45, 2.75) is 57.1 Å². The fourth-order valence-electron chi connectivity index (χ4n) is 4.91. The molecule has 29 heavy (non-hydrogen) atoms. The number of rotatable bonds is 3. The van der Waals surface area contributed by atoms with Crippen LogP contribution < -0.4 is 5.32 Å². The van der Waals surface area contributed by atoms with Crippen LogP contribution in [0.4, 0.5) is 4.79 Å². The van der Waals surface area contributed by atoms with E-state index in [9.17, 15) is 9.59 Å². The van der Waals surface area contributed by atoms with Gasteiger partial charge in [0.25, 0.3) is 0 Å². The number of piperidine rings is 2. The summed E-state index contributed by atoms with van der Waals surface area (Å²) in [5.74, 6) is 0.328. The van der Waals surface area contributed by atoms with Gasteiger partial charge in [-0.25, -0.2) is 4.79 Å². The highest BCUT2D eigenvalue weighted by atomic mass is 16.5. The lowest BCUT2D eigenvalue weighted by Gasteiger charge is -2.45. The number of urea groups is 1. The van der Waals surface area contributed by atoms with Crippen LogP contribution in [0.3, 0.4) is 0 Å². The number of carbonyl (C=O) groups is 2. The van der Waals surface area contributed by atoms with Crippen LogP contribution in [0.25, 0.3) is 0 Å². The minimum Gasteiger partial charge on any atom is -0.375 e. The van der Waals surface area contributed by atoms with Crippen molar-refractivity contribution in [2.24, 2.45) is 5.92 Å². The van der Waals surface area contributed by atoms with Crippen LogP contribution in [-0.2, 0) is 16.1 Å². The van der Waals surface area contributed by atoms with E-state index >= 15 is 0 Å². The first-order chi connectivity index (χ1) is 14.2. The molecule has 3 aliphatic heterocycles. The Morgan fingerprint density at radius 1 is 0.966 bits per heavy atom. The van der Waals surface area contributed by atoms with Crippen molar-refractivity contribution < 1.29 is 14.3 Å². The Morgan fingerprint density at radius 3 is 2.34 bits per heavy atom. The molecule has 0 aromatic heterocycles. The van der Waals surface area contributed by atoms with Crippen LogP contribution in [0.15, 0.2) is 30.3 Å². The Labute approximate surface area is 173 Å². The van der Waals surface area contributed by atoms with Crippen molar-refractivity contribution in [3.63, 3.8) is 0 Å². The molecule has 1 aromatic rings. The molecule has 1 N–H and O–H groups in total. The van der Waals surface area contributed by atoms with Crippen molar-refractivity contribution in [3.05, 3.63) is 35.9 Å². The van der Waals surface area contributed by atoms with Gasteiger partial charge in [0.2, 0.25) is 5.91 Å². The summed E-state index contributed by atoms with van der Waals surface area (Å²) in [6.07, 6.45) is 7.02. The minimum absolute atomic E-state index is 0.0332. The maximum Gasteiger partial charge on any atom is 0.317 e. The van der Waals surface area contributed by atoms with Crippen LogP contribution in [0.1, 0.15) is 50.5 Å². The van der Waals surface area contributed by atoms with E-state index in [1.165, 1.54) is 12.8 Å². The average molecular weight is 400 g/mol. The monoisotopic (exact) mass is 399 g/mol. The normalized spacial score (nSPS) is 22.5. The van der Waals surface area contributed by atoms with E-state index < -0.39 is 0 Å². The summed E-state index contributed by atoms with van der Waals surface area (Å²) in [4.78, 5) is 29.3. The first-order valence-corrected chi connectivity index (χ1v) is 11.1. The summed E-state index contributed by atoms with van der Waals surface area (Å²) in [7, 11) is 0. The fraction of sp³-hybridized carbons (Fsp3) is 0.652. The highest BCUT2D eigenvalue weighted by Crippen LogP contribution is 2.35. The average Bonchev–Trinajstić information content (AvgIpc) is 2.79. The predicted octanol–water partition coefficient (Wildman–Crippen LogP) is 3.17. The molecule has 158 valence electrons. The topological polar surface area (TPSA) is 61.9 Å². The second-order valence-corrected chi connectivity index (χ2v) is 8.72. The molecule has 1 spiro atoms. The third kappa shape index (κ3) is 4.92. The third-order valence-electron chi connectivity index (χ3n) is 6.84. The zero-order valence-electron chi connectivity index (χ0n) is 17.3. The molecule has 0 radical (unpaired) electrons.